The van der Waals surface area contributed by atoms with Crippen molar-refractivity contribution in [3.8, 4) is 29.4 Å². The number of aryl methyl sites for hydroxylation is 1. The second-order valence-electron chi connectivity index (χ2n) is 4.77. The number of rotatable bonds is 6. The van der Waals surface area contributed by atoms with E-state index < -0.39 is 0 Å². The molecule has 0 atom stereocenters. The number of anilines is 1. The first-order chi connectivity index (χ1) is 10.7. The van der Waals surface area contributed by atoms with E-state index in [1.54, 1.807) is 6.07 Å². The van der Waals surface area contributed by atoms with Crippen LogP contribution in [-0.2, 0) is 11.2 Å². The van der Waals surface area contributed by atoms with E-state index in [-0.39, 0.29) is 6.79 Å². The molecule has 1 aromatic carbocycles. The van der Waals surface area contributed by atoms with Crippen LogP contribution in [0.15, 0.2) is 24.3 Å². The monoisotopic (exact) mass is 297 g/mol. The summed E-state index contributed by atoms with van der Waals surface area (Å²) in [5.41, 5.74) is 9.15. The molecule has 0 radical (unpaired) electrons. The summed E-state index contributed by atoms with van der Waals surface area (Å²) in [7, 11) is 0. The molecule has 2 N–H and O–H groups in total. The van der Waals surface area contributed by atoms with Crippen molar-refractivity contribution < 1.29 is 9.47 Å². The van der Waals surface area contributed by atoms with Gasteiger partial charge in [-0.3, -0.25) is 0 Å². The predicted octanol–water partition coefficient (Wildman–Crippen LogP) is 2.58. The lowest BCUT2D eigenvalue weighted by Gasteiger charge is -2.13. The number of hydrogen-bond acceptors (Lipinski definition) is 5. The van der Waals surface area contributed by atoms with Crippen LogP contribution in [-0.4, -0.2) is 23.6 Å². The van der Waals surface area contributed by atoms with E-state index >= 15 is 0 Å². The Bertz CT molecular complexity index is 693. The molecule has 1 aromatic heterocycles. The fourth-order valence-electron chi connectivity index (χ4n) is 2.07. The molecule has 0 bridgehead atoms. The van der Waals surface area contributed by atoms with Crippen molar-refractivity contribution >= 4 is 5.82 Å². The second kappa shape index (κ2) is 7.43. The van der Waals surface area contributed by atoms with E-state index in [0.29, 0.717) is 24.6 Å². The molecular formula is C17H19N3O2. The van der Waals surface area contributed by atoms with Crippen molar-refractivity contribution in [2.24, 2.45) is 0 Å². The molecule has 114 valence electrons. The van der Waals surface area contributed by atoms with Crippen LogP contribution in [0.4, 0.5) is 5.82 Å². The molecule has 22 heavy (non-hydrogen) atoms. The van der Waals surface area contributed by atoms with Crippen LogP contribution in [0.2, 0.25) is 0 Å². The topological polar surface area (TPSA) is 70.3 Å². The first-order valence-corrected chi connectivity index (χ1v) is 7.02. The standard InChI is InChI=1S/C17H19N3O2/c1-4-6-13-7-8-14(15(10-13)22-11-21-5-2)17-12(3)9-16(18)19-20-17/h1,7-10H,5-6,11H2,2-3H3,(H2,18,19). The number of nitrogens with two attached hydrogens (primary N) is 1. The molecule has 0 saturated heterocycles. The van der Waals surface area contributed by atoms with E-state index in [4.69, 9.17) is 21.6 Å². The number of benzene rings is 1. The summed E-state index contributed by atoms with van der Waals surface area (Å²) in [5.74, 6) is 3.69. The highest BCUT2D eigenvalue weighted by Crippen LogP contribution is 2.32. The Balaban J connectivity index is 2.42. The Labute approximate surface area is 130 Å². The molecule has 2 aromatic rings. The molecular weight excluding hydrogens is 278 g/mol. The van der Waals surface area contributed by atoms with E-state index in [1.807, 2.05) is 32.0 Å². The van der Waals surface area contributed by atoms with Gasteiger partial charge in [-0.25, -0.2) is 0 Å². The lowest BCUT2D eigenvalue weighted by molar-refractivity contribution is 0.0227. The Hall–Kier alpha value is -2.58. The van der Waals surface area contributed by atoms with E-state index in [1.165, 1.54) is 0 Å². The van der Waals surface area contributed by atoms with Crippen LogP contribution in [0, 0.1) is 19.3 Å². The first-order valence-electron chi connectivity index (χ1n) is 7.02. The third-order valence-corrected chi connectivity index (χ3v) is 3.11. The molecule has 0 unspecified atom stereocenters. The zero-order chi connectivity index (χ0) is 15.9. The predicted molar refractivity (Wildman–Crippen MR) is 86.3 cm³/mol. The third-order valence-electron chi connectivity index (χ3n) is 3.11. The Kier molecular flexibility index (Phi) is 5.34. The van der Waals surface area contributed by atoms with Crippen molar-refractivity contribution in [3.63, 3.8) is 0 Å². The minimum absolute atomic E-state index is 0.171. The molecule has 0 amide bonds. The zero-order valence-electron chi connectivity index (χ0n) is 12.8. The molecule has 0 saturated carbocycles. The van der Waals surface area contributed by atoms with Gasteiger partial charge in [-0.1, -0.05) is 6.07 Å². The maximum absolute atomic E-state index is 5.71. The van der Waals surface area contributed by atoms with Crippen molar-refractivity contribution in [2.45, 2.75) is 20.3 Å². The number of terminal acetylenes is 1. The summed E-state index contributed by atoms with van der Waals surface area (Å²) < 4.78 is 11.0. The van der Waals surface area contributed by atoms with Crippen molar-refractivity contribution in [3.05, 3.63) is 35.4 Å². The van der Waals surface area contributed by atoms with Gasteiger partial charge >= 0.3 is 0 Å². The highest BCUT2D eigenvalue weighted by molar-refractivity contribution is 5.70. The zero-order valence-corrected chi connectivity index (χ0v) is 12.8. The number of nitrogens with zero attached hydrogens (tertiary/aromatic N) is 2. The smallest absolute Gasteiger partial charge is 0.189 e. The molecule has 1 heterocycles. The highest BCUT2D eigenvalue weighted by Gasteiger charge is 2.12. The number of nitrogen functional groups attached to an aromatic ring is 1. The number of aromatic nitrogens is 2. The second-order valence-corrected chi connectivity index (χ2v) is 4.77. The van der Waals surface area contributed by atoms with E-state index in [2.05, 4.69) is 16.1 Å². The molecule has 5 heteroatoms. The lowest BCUT2D eigenvalue weighted by Crippen LogP contribution is -2.05. The molecule has 5 nitrogen and oxygen atoms in total. The van der Waals surface area contributed by atoms with E-state index in [0.717, 1.165) is 22.4 Å². The summed E-state index contributed by atoms with van der Waals surface area (Å²) in [4.78, 5) is 0. The maximum atomic E-state index is 5.71. The van der Waals surface area contributed by atoms with Gasteiger partial charge in [0.15, 0.2) is 6.79 Å². The van der Waals surface area contributed by atoms with Crippen molar-refractivity contribution in [1.82, 2.24) is 10.2 Å². The van der Waals surface area contributed by atoms with E-state index in [9.17, 15) is 0 Å². The normalized spacial score (nSPS) is 10.2. The van der Waals surface area contributed by atoms with Gasteiger partial charge in [-0.15, -0.1) is 22.5 Å². The molecule has 0 aliphatic heterocycles. The van der Waals surface area contributed by atoms with Crippen LogP contribution in [0.3, 0.4) is 0 Å². The average molecular weight is 297 g/mol. The van der Waals surface area contributed by atoms with Gasteiger partial charge in [0.25, 0.3) is 0 Å². The molecule has 0 aliphatic rings. The minimum atomic E-state index is 0.171. The highest BCUT2D eigenvalue weighted by atomic mass is 16.7. The third kappa shape index (κ3) is 3.74. The summed E-state index contributed by atoms with van der Waals surface area (Å²) in [6.07, 6.45) is 5.91. The number of hydrogen-bond donors (Lipinski definition) is 1. The van der Waals surface area contributed by atoms with Crippen LogP contribution in [0.25, 0.3) is 11.3 Å². The quantitative estimate of drug-likeness (QED) is 0.504. The Morgan fingerprint density at radius 2 is 2.09 bits per heavy atom. The van der Waals surface area contributed by atoms with Gasteiger partial charge in [-0.05, 0) is 43.2 Å². The van der Waals surface area contributed by atoms with Gasteiger partial charge in [0.2, 0.25) is 0 Å². The van der Waals surface area contributed by atoms with Crippen LogP contribution in [0.1, 0.15) is 18.1 Å². The Morgan fingerprint density at radius 3 is 2.77 bits per heavy atom. The maximum Gasteiger partial charge on any atom is 0.189 e. The summed E-state index contributed by atoms with van der Waals surface area (Å²) in [6, 6.07) is 7.58. The SMILES string of the molecule is C#CCc1ccc(-c2nnc(N)cc2C)c(OCOCC)c1. The van der Waals surface area contributed by atoms with Gasteiger partial charge in [0.05, 0.1) is 5.69 Å². The Morgan fingerprint density at radius 1 is 1.27 bits per heavy atom. The van der Waals surface area contributed by atoms with Gasteiger partial charge in [0.1, 0.15) is 11.6 Å². The average Bonchev–Trinajstić information content (AvgIpc) is 2.49. The van der Waals surface area contributed by atoms with Crippen LogP contribution in [0.5, 0.6) is 5.75 Å². The van der Waals surface area contributed by atoms with Gasteiger partial charge in [0, 0.05) is 18.6 Å². The van der Waals surface area contributed by atoms with Crippen molar-refractivity contribution in [1.29, 1.82) is 0 Å². The minimum Gasteiger partial charge on any atom is -0.467 e. The largest absolute Gasteiger partial charge is 0.467 e. The fourth-order valence-corrected chi connectivity index (χ4v) is 2.07. The molecule has 0 aliphatic carbocycles. The van der Waals surface area contributed by atoms with Gasteiger partial charge in [-0.2, -0.15) is 0 Å². The molecule has 0 fully saturated rings. The summed E-state index contributed by atoms with van der Waals surface area (Å²) >= 11 is 0. The molecule has 2 rings (SSSR count). The van der Waals surface area contributed by atoms with Crippen LogP contribution >= 0.6 is 0 Å². The first kappa shape index (κ1) is 15.8. The number of ether oxygens (including phenoxy) is 2. The van der Waals surface area contributed by atoms with Crippen molar-refractivity contribution in [2.75, 3.05) is 19.1 Å². The van der Waals surface area contributed by atoms with Crippen LogP contribution < -0.4 is 10.5 Å². The summed E-state index contributed by atoms with van der Waals surface area (Å²) in [5, 5.41) is 8.10. The summed E-state index contributed by atoms with van der Waals surface area (Å²) in [6.45, 7) is 4.60. The van der Waals surface area contributed by atoms with Gasteiger partial charge < -0.3 is 15.2 Å². The molecule has 0 spiro atoms. The fraction of sp³-hybridized carbons (Fsp3) is 0.294. The lowest BCUT2D eigenvalue weighted by atomic mass is 10.0.